The van der Waals surface area contributed by atoms with E-state index in [4.69, 9.17) is 9.47 Å². The fourth-order valence-electron chi connectivity index (χ4n) is 3.98. The highest BCUT2D eigenvalue weighted by atomic mass is 16.5. The number of morpholine rings is 1. The first-order valence-electron chi connectivity index (χ1n) is 11.7. The van der Waals surface area contributed by atoms with Gasteiger partial charge in [-0.25, -0.2) is 0 Å². The molecule has 2 aromatic rings. The molecule has 1 aliphatic heterocycles. The molecule has 4 rings (SSSR count). The summed E-state index contributed by atoms with van der Waals surface area (Å²) >= 11 is 0. The molecule has 0 atom stereocenters. The molecular weight excluding hydrogens is 418 g/mol. The van der Waals surface area contributed by atoms with Crippen molar-refractivity contribution in [2.45, 2.75) is 25.8 Å². The largest absolute Gasteiger partial charge is 0.497 e. The molecule has 33 heavy (non-hydrogen) atoms. The highest BCUT2D eigenvalue weighted by Crippen LogP contribution is 2.33. The molecule has 2 amide bonds. The van der Waals surface area contributed by atoms with Gasteiger partial charge in [0.1, 0.15) is 5.75 Å². The standard InChI is InChI=1S/C26H33N3O4/c1-32-24-10-4-21(5-11-24)19-29(26(31)22-6-7-22)23-8-2-20(3-9-23)18-25(30)27-12-13-28-14-16-33-17-15-28/h2-5,8-11,22H,6-7,12-19H2,1H3,(H,27,30). The molecule has 7 heteroatoms. The number of nitrogens with one attached hydrogen (secondary N) is 1. The van der Waals surface area contributed by atoms with E-state index >= 15 is 0 Å². The number of hydrogen-bond acceptors (Lipinski definition) is 5. The van der Waals surface area contributed by atoms with Crippen molar-refractivity contribution in [2.75, 3.05) is 51.4 Å². The molecule has 1 N–H and O–H groups in total. The molecule has 1 aliphatic carbocycles. The molecule has 1 saturated carbocycles. The molecule has 0 unspecified atom stereocenters. The van der Waals surface area contributed by atoms with Crippen LogP contribution in [0.25, 0.3) is 0 Å². The van der Waals surface area contributed by atoms with Gasteiger partial charge in [-0.1, -0.05) is 24.3 Å². The predicted octanol–water partition coefficient (Wildman–Crippen LogP) is 2.63. The van der Waals surface area contributed by atoms with E-state index in [0.717, 1.165) is 68.3 Å². The first kappa shape index (κ1) is 23.3. The first-order chi connectivity index (χ1) is 16.1. The zero-order chi connectivity index (χ0) is 23.0. The molecular formula is C26H33N3O4. The molecule has 0 aromatic heterocycles. The fourth-order valence-corrected chi connectivity index (χ4v) is 3.98. The lowest BCUT2D eigenvalue weighted by atomic mass is 10.1. The van der Waals surface area contributed by atoms with Crippen LogP contribution in [0.5, 0.6) is 5.75 Å². The summed E-state index contributed by atoms with van der Waals surface area (Å²) in [5.41, 5.74) is 2.85. The summed E-state index contributed by atoms with van der Waals surface area (Å²) in [6, 6.07) is 15.6. The van der Waals surface area contributed by atoms with Crippen molar-refractivity contribution in [3.05, 3.63) is 59.7 Å². The van der Waals surface area contributed by atoms with E-state index in [1.807, 2.05) is 53.4 Å². The highest BCUT2D eigenvalue weighted by Gasteiger charge is 2.34. The van der Waals surface area contributed by atoms with E-state index in [0.29, 0.717) is 19.5 Å². The monoisotopic (exact) mass is 451 g/mol. The van der Waals surface area contributed by atoms with Gasteiger partial charge in [0.05, 0.1) is 33.3 Å². The number of hydrogen-bond donors (Lipinski definition) is 1. The predicted molar refractivity (Wildman–Crippen MR) is 127 cm³/mol. The second-order valence-electron chi connectivity index (χ2n) is 8.69. The van der Waals surface area contributed by atoms with Crippen LogP contribution in [-0.4, -0.2) is 63.2 Å². The van der Waals surface area contributed by atoms with Crippen LogP contribution in [0.4, 0.5) is 5.69 Å². The third kappa shape index (κ3) is 6.79. The second-order valence-corrected chi connectivity index (χ2v) is 8.69. The number of ether oxygens (including phenoxy) is 2. The second kappa shape index (κ2) is 11.3. The lowest BCUT2D eigenvalue weighted by Gasteiger charge is -2.26. The lowest BCUT2D eigenvalue weighted by Crippen LogP contribution is -2.41. The maximum Gasteiger partial charge on any atom is 0.230 e. The quantitative estimate of drug-likeness (QED) is 0.601. The Kier molecular flexibility index (Phi) is 7.96. The summed E-state index contributed by atoms with van der Waals surface area (Å²) in [5, 5.41) is 3.00. The van der Waals surface area contributed by atoms with Crippen molar-refractivity contribution in [3.63, 3.8) is 0 Å². The van der Waals surface area contributed by atoms with E-state index < -0.39 is 0 Å². The van der Waals surface area contributed by atoms with Gasteiger partial charge in [-0.3, -0.25) is 14.5 Å². The van der Waals surface area contributed by atoms with Crippen molar-refractivity contribution in [1.82, 2.24) is 10.2 Å². The average Bonchev–Trinajstić information content (AvgIpc) is 3.69. The number of benzene rings is 2. The van der Waals surface area contributed by atoms with Gasteiger partial charge in [0, 0.05) is 37.8 Å². The molecule has 2 aromatic carbocycles. The molecule has 2 aliphatic rings. The number of rotatable bonds is 10. The fraction of sp³-hybridized carbons (Fsp3) is 0.462. The molecule has 0 spiro atoms. The summed E-state index contributed by atoms with van der Waals surface area (Å²) in [6.45, 7) is 5.37. The van der Waals surface area contributed by atoms with Crippen LogP contribution >= 0.6 is 0 Å². The van der Waals surface area contributed by atoms with Gasteiger partial charge in [-0.2, -0.15) is 0 Å². The Bertz CT molecular complexity index is 920. The summed E-state index contributed by atoms with van der Waals surface area (Å²) in [7, 11) is 1.64. The van der Waals surface area contributed by atoms with Crippen molar-refractivity contribution in [3.8, 4) is 5.75 Å². The van der Waals surface area contributed by atoms with Crippen LogP contribution in [0.1, 0.15) is 24.0 Å². The van der Waals surface area contributed by atoms with Crippen LogP contribution in [0.2, 0.25) is 0 Å². The van der Waals surface area contributed by atoms with Gasteiger partial charge in [0.2, 0.25) is 11.8 Å². The van der Waals surface area contributed by atoms with Gasteiger partial charge in [0.25, 0.3) is 0 Å². The molecule has 7 nitrogen and oxygen atoms in total. The Morgan fingerprint density at radius 3 is 2.33 bits per heavy atom. The average molecular weight is 452 g/mol. The van der Waals surface area contributed by atoms with Crippen molar-refractivity contribution in [2.24, 2.45) is 5.92 Å². The summed E-state index contributed by atoms with van der Waals surface area (Å²) in [6.07, 6.45) is 2.25. The maximum absolute atomic E-state index is 13.0. The molecule has 1 heterocycles. The van der Waals surface area contributed by atoms with E-state index in [1.165, 1.54) is 0 Å². The number of anilines is 1. The van der Waals surface area contributed by atoms with Crippen molar-refractivity contribution < 1.29 is 19.1 Å². The summed E-state index contributed by atoms with van der Waals surface area (Å²) in [4.78, 5) is 29.5. The van der Waals surface area contributed by atoms with Gasteiger partial charge in [-0.05, 0) is 48.2 Å². The third-order valence-electron chi connectivity index (χ3n) is 6.16. The Hall–Kier alpha value is -2.90. The van der Waals surface area contributed by atoms with E-state index in [1.54, 1.807) is 7.11 Å². The number of methoxy groups -OCH3 is 1. The molecule has 176 valence electrons. The Morgan fingerprint density at radius 1 is 1.03 bits per heavy atom. The Morgan fingerprint density at radius 2 is 1.70 bits per heavy atom. The van der Waals surface area contributed by atoms with Crippen molar-refractivity contribution >= 4 is 17.5 Å². The summed E-state index contributed by atoms with van der Waals surface area (Å²) in [5.74, 6) is 1.10. The van der Waals surface area contributed by atoms with Crippen LogP contribution < -0.4 is 15.0 Å². The smallest absolute Gasteiger partial charge is 0.230 e. The van der Waals surface area contributed by atoms with Crippen molar-refractivity contribution in [1.29, 1.82) is 0 Å². The van der Waals surface area contributed by atoms with Gasteiger partial charge in [0.15, 0.2) is 0 Å². The minimum atomic E-state index is 0.0140. The zero-order valence-electron chi connectivity index (χ0n) is 19.3. The summed E-state index contributed by atoms with van der Waals surface area (Å²) < 4.78 is 10.6. The van der Waals surface area contributed by atoms with Crippen LogP contribution in [0, 0.1) is 5.92 Å². The molecule has 0 radical (unpaired) electrons. The molecule has 2 fully saturated rings. The van der Waals surface area contributed by atoms with Gasteiger partial charge < -0.3 is 19.7 Å². The molecule has 1 saturated heterocycles. The van der Waals surface area contributed by atoms with E-state index in [2.05, 4.69) is 10.2 Å². The Labute approximate surface area is 195 Å². The normalized spacial score (nSPS) is 16.3. The van der Waals surface area contributed by atoms with Gasteiger partial charge >= 0.3 is 0 Å². The SMILES string of the molecule is COc1ccc(CN(C(=O)C2CC2)c2ccc(CC(=O)NCCN3CCOCC3)cc2)cc1. The third-order valence-corrected chi connectivity index (χ3v) is 6.16. The first-order valence-corrected chi connectivity index (χ1v) is 11.7. The molecule has 0 bridgehead atoms. The highest BCUT2D eigenvalue weighted by molar-refractivity contribution is 5.96. The van der Waals surface area contributed by atoms with E-state index in [9.17, 15) is 9.59 Å². The lowest BCUT2D eigenvalue weighted by molar-refractivity contribution is -0.121. The van der Waals surface area contributed by atoms with Crippen LogP contribution in [-0.2, 0) is 27.3 Å². The number of amides is 2. The zero-order valence-corrected chi connectivity index (χ0v) is 19.3. The maximum atomic E-state index is 13.0. The van der Waals surface area contributed by atoms with Crippen LogP contribution in [0.3, 0.4) is 0 Å². The minimum Gasteiger partial charge on any atom is -0.497 e. The van der Waals surface area contributed by atoms with Gasteiger partial charge in [-0.15, -0.1) is 0 Å². The minimum absolute atomic E-state index is 0.0140. The number of carbonyl (C=O) groups is 2. The van der Waals surface area contributed by atoms with Crippen LogP contribution in [0.15, 0.2) is 48.5 Å². The topological polar surface area (TPSA) is 71.1 Å². The number of nitrogens with zero attached hydrogens (tertiary/aromatic N) is 2. The number of carbonyl (C=O) groups excluding carboxylic acids is 2. The Balaban J connectivity index is 1.33. The van der Waals surface area contributed by atoms with E-state index in [-0.39, 0.29) is 17.7 Å².